The molecule has 0 saturated heterocycles. The topological polar surface area (TPSA) is 75.6 Å². The van der Waals surface area contributed by atoms with Gasteiger partial charge in [-0.15, -0.1) is 0 Å². The maximum atomic E-state index is 12.5. The number of carboxylic acid groups (broad SMARTS) is 1. The monoisotopic (exact) mass is 443 g/mol. The van der Waals surface area contributed by atoms with Crippen molar-refractivity contribution in [1.29, 1.82) is 0 Å². The lowest BCUT2D eigenvalue weighted by molar-refractivity contribution is -0.139. The molecule has 0 fully saturated rings. The van der Waals surface area contributed by atoms with E-state index >= 15 is 0 Å². The number of nitrogens with one attached hydrogen (secondary N) is 1. The molecule has 0 saturated carbocycles. The molecule has 1 atom stereocenters. The zero-order valence-corrected chi connectivity index (χ0v) is 19.2. The summed E-state index contributed by atoms with van der Waals surface area (Å²) in [6, 6.07) is 22.9. The standard InChI is InChI=1S/C28H29NO4/c1-28(2,3)19-14-12-18(13-15-19)16-25(26(30)31)29-27(32)33-17-24-22-10-6-4-8-20(22)21-9-5-7-11-23(21)24/h4-15,24-25H,16-17H2,1-3H3,(H,29,32)(H,30,31)/t25-/m0/s1. The molecular formula is C28H29NO4. The quantitative estimate of drug-likeness (QED) is 0.526. The van der Waals surface area contributed by atoms with E-state index in [1.54, 1.807) is 0 Å². The summed E-state index contributed by atoms with van der Waals surface area (Å²) >= 11 is 0. The van der Waals surface area contributed by atoms with Crippen LogP contribution in [0, 0.1) is 0 Å². The zero-order chi connectivity index (χ0) is 23.6. The van der Waals surface area contributed by atoms with E-state index in [1.807, 2.05) is 60.7 Å². The van der Waals surface area contributed by atoms with Crippen molar-refractivity contribution in [2.45, 2.75) is 44.6 Å². The second-order valence-corrected chi connectivity index (χ2v) is 9.51. The molecule has 1 aliphatic rings. The number of benzene rings is 3. The highest BCUT2D eigenvalue weighted by atomic mass is 16.5. The van der Waals surface area contributed by atoms with Crippen molar-refractivity contribution in [3.63, 3.8) is 0 Å². The van der Waals surface area contributed by atoms with Gasteiger partial charge in [-0.2, -0.15) is 0 Å². The van der Waals surface area contributed by atoms with Crippen LogP contribution in [-0.2, 0) is 21.4 Å². The number of hydrogen-bond acceptors (Lipinski definition) is 3. The lowest BCUT2D eigenvalue weighted by atomic mass is 9.86. The molecule has 2 N–H and O–H groups in total. The average Bonchev–Trinajstić information content (AvgIpc) is 3.11. The normalized spacial score (nSPS) is 13.7. The van der Waals surface area contributed by atoms with Crippen molar-refractivity contribution in [1.82, 2.24) is 5.32 Å². The van der Waals surface area contributed by atoms with E-state index in [2.05, 4.69) is 38.2 Å². The van der Waals surface area contributed by atoms with Gasteiger partial charge in [-0.1, -0.05) is 93.6 Å². The van der Waals surface area contributed by atoms with Crippen LogP contribution in [0.3, 0.4) is 0 Å². The van der Waals surface area contributed by atoms with Crippen LogP contribution in [0.15, 0.2) is 72.8 Å². The molecule has 4 rings (SSSR count). The summed E-state index contributed by atoms with van der Waals surface area (Å²) in [5.41, 5.74) is 6.54. The van der Waals surface area contributed by atoms with Gasteiger partial charge < -0.3 is 15.2 Å². The maximum Gasteiger partial charge on any atom is 0.407 e. The SMILES string of the molecule is CC(C)(C)c1ccc(C[C@H](NC(=O)OCC2c3ccccc3-c3ccccc32)C(=O)O)cc1. The van der Waals surface area contributed by atoms with Crippen LogP contribution in [0.4, 0.5) is 4.79 Å². The Labute approximate surface area is 194 Å². The van der Waals surface area contributed by atoms with Gasteiger partial charge >= 0.3 is 12.1 Å². The Kier molecular flexibility index (Phi) is 6.23. The van der Waals surface area contributed by atoms with E-state index in [0.717, 1.165) is 27.8 Å². The minimum atomic E-state index is -1.09. The second-order valence-electron chi connectivity index (χ2n) is 9.51. The lowest BCUT2D eigenvalue weighted by Crippen LogP contribution is -2.42. The first-order valence-corrected chi connectivity index (χ1v) is 11.2. The van der Waals surface area contributed by atoms with Gasteiger partial charge in [0.2, 0.25) is 0 Å². The van der Waals surface area contributed by atoms with Crippen LogP contribution in [0.2, 0.25) is 0 Å². The summed E-state index contributed by atoms with van der Waals surface area (Å²) in [5, 5.41) is 12.2. The van der Waals surface area contributed by atoms with E-state index < -0.39 is 18.1 Å². The van der Waals surface area contributed by atoms with Crippen molar-refractivity contribution in [2.75, 3.05) is 6.61 Å². The number of rotatable bonds is 6. The number of carbonyl (C=O) groups is 2. The molecular weight excluding hydrogens is 414 g/mol. The molecule has 5 nitrogen and oxygen atoms in total. The molecule has 0 unspecified atom stereocenters. The highest BCUT2D eigenvalue weighted by molar-refractivity contribution is 5.81. The molecule has 0 aliphatic heterocycles. The fraction of sp³-hybridized carbons (Fsp3) is 0.286. The zero-order valence-electron chi connectivity index (χ0n) is 19.2. The summed E-state index contributed by atoms with van der Waals surface area (Å²) in [4.78, 5) is 24.3. The van der Waals surface area contributed by atoms with E-state index in [0.29, 0.717) is 0 Å². The summed E-state index contributed by atoms with van der Waals surface area (Å²) in [5.74, 6) is -1.17. The molecule has 0 aromatic heterocycles. The Balaban J connectivity index is 1.41. The first-order chi connectivity index (χ1) is 15.7. The first kappa shape index (κ1) is 22.6. The van der Waals surface area contributed by atoms with Crippen LogP contribution < -0.4 is 5.32 Å². The largest absolute Gasteiger partial charge is 0.480 e. The first-order valence-electron chi connectivity index (χ1n) is 11.2. The Hall–Kier alpha value is -3.60. The van der Waals surface area contributed by atoms with Crippen molar-refractivity contribution >= 4 is 12.1 Å². The third kappa shape index (κ3) is 4.92. The molecule has 0 heterocycles. The molecule has 3 aromatic carbocycles. The van der Waals surface area contributed by atoms with E-state index in [-0.39, 0.29) is 24.4 Å². The molecule has 5 heteroatoms. The van der Waals surface area contributed by atoms with E-state index in [4.69, 9.17) is 4.74 Å². The minimum absolute atomic E-state index is 0.0181. The highest BCUT2D eigenvalue weighted by Crippen LogP contribution is 2.44. The van der Waals surface area contributed by atoms with Crippen LogP contribution in [0.1, 0.15) is 48.9 Å². The number of carbonyl (C=O) groups excluding carboxylic acids is 1. The maximum absolute atomic E-state index is 12.5. The van der Waals surface area contributed by atoms with Crippen LogP contribution in [-0.4, -0.2) is 29.8 Å². The van der Waals surface area contributed by atoms with Gasteiger partial charge in [0, 0.05) is 12.3 Å². The van der Waals surface area contributed by atoms with Gasteiger partial charge in [-0.25, -0.2) is 9.59 Å². The fourth-order valence-electron chi connectivity index (χ4n) is 4.36. The number of ether oxygens (including phenoxy) is 1. The summed E-state index contributed by atoms with van der Waals surface area (Å²) in [6.45, 7) is 6.52. The Morgan fingerprint density at radius 1 is 0.909 bits per heavy atom. The second kappa shape index (κ2) is 9.10. The van der Waals surface area contributed by atoms with E-state index in [1.165, 1.54) is 5.56 Å². The summed E-state index contributed by atoms with van der Waals surface area (Å²) < 4.78 is 5.51. The highest BCUT2D eigenvalue weighted by Gasteiger charge is 2.29. The van der Waals surface area contributed by atoms with Gasteiger partial charge in [0.1, 0.15) is 12.6 Å². The molecule has 0 radical (unpaired) electrons. The number of amides is 1. The van der Waals surface area contributed by atoms with Crippen LogP contribution in [0.25, 0.3) is 11.1 Å². The predicted molar refractivity (Wildman–Crippen MR) is 128 cm³/mol. The number of aliphatic carboxylic acids is 1. The van der Waals surface area contributed by atoms with Gasteiger partial charge in [0.25, 0.3) is 0 Å². The predicted octanol–water partition coefficient (Wildman–Crippen LogP) is 5.52. The van der Waals surface area contributed by atoms with Crippen molar-refractivity contribution in [3.8, 4) is 11.1 Å². The van der Waals surface area contributed by atoms with Gasteiger partial charge in [-0.05, 0) is 38.8 Å². The third-order valence-corrected chi connectivity index (χ3v) is 6.19. The molecule has 0 spiro atoms. The third-order valence-electron chi connectivity index (χ3n) is 6.19. The van der Waals surface area contributed by atoms with Crippen molar-refractivity contribution in [2.24, 2.45) is 0 Å². The number of hydrogen-bond donors (Lipinski definition) is 2. The Morgan fingerprint density at radius 3 is 1.97 bits per heavy atom. The minimum Gasteiger partial charge on any atom is -0.480 e. The number of alkyl carbamates (subject to hydrolysis) is 1. The van der Waals surface area contributed by atoms with E-state index in [9.17, 15) is 14.7 Å². The molecule has 1 aliphatic carbocycles. The molecule has 3 aromatic rings. The van der Waals surface area contributed by atoms with Crippen molar-refractivity contribution in [3.05, 3.63) is 95.1 Å². The fourth-order valence-corrected chi connectivity index (χ4v) is 4.36. The molecule has 170 valence electrons. The van der Waals surface area contributed by atoms with Gasteiger partial charge in [-0.3, -0.25) is 0 Å². The Morgan fingerprint density at radius 2 is 1.45 bits per heavy atom. The van der Waals surface area contributed by atoms with Crippen LogP contribution >= 0.6 is 0 Å². The molecule has 1 amide bonds. The summed E-state index contributed by atoms with van der Waals surface area (Å²) in [7, 11) is 0. The smallest absolute Gasteiger partial charge is 0.407 e. The van der Waals surface area contributed by atoms with Gasteiger partial charge in [0.05, 0.1) is 0 Å². The van der Waals surface area contributed by atoms with Crippen molar-refractivity contribution < 1.29 is 19.4 Å². The molecule has 0 bridgehead atoms. The number of carboxylic acids is 1. The van der Waals surface area contributed by atoms with Gasteiger partial charge in [0.15, 0.2) is 0 Å². The molecule has 33 heavy (non-hydrogen) atoms. The van der Waals surface area contributed by atoms with Crippen LogP contribution in [0.5, 0.6) is 0 Å². The lowest BCUT2D eigenvalue weighted by Gasteiger charge is -2.20. The average molecular weight is 444 g/mol. The number of fused-ring (bicyclic) bond motifs is 3. The summed E-state index contributed by atoms with van der Waals surface area (Å²) in [6.07, 6.45) is -0.542. The Bertz CT molecular complexity index is 1120.